The van der Waals surface area contributed by atoms with Gasteiger partial charge in [-0.25, -0.2) is 48.0 Å². The number of hydrogen-bond acceptors (Lipinski definition) is 34. The normalized spacial score (nSPS) is 18.2. The highest BCUT2D eigenvalue weighted by atomic mass is 32.1. The Balaban J connectivity index is 0.000000134. The number of thiazole rings is 4. The number of aromatic amines is 4. The van der Waals surface area contributed by atoms with Gasteiger partial charge in [-0.2, -0.15) is 40.8 Å². The number of ether oxygens (including phenoxy) is 4. The predicted molar refractivity (Wildman–Crippen MR) is 487 cm³/mol. The molecule has 16 aromatic heterocycles. The zero-order valence-electron chi connectivity index (χ0n) is 72.2. The molecule has 16 aromatic rings. The summed E-state index contributed by atoms with van der Waals surface area (Å²) in [4.78, 5) is 109. The van der Waals surface area contributed by atoms with Crippen molar-refractivity contribution in [1.29, 1.82) is 0 Å². The predicted octanol–water partition coefficient (Wildman–Crippen LogP) is 14.6. The number of amides is 4. The van der Waals surface area contributed by atoms with Gasteiger partial charge in [0, 0.05) is 145 Å². The third-order valence-corrected chi connectivity index (χ3v) is 24.8. The van der Waals surface area contributed by atoms with Crippen LogP contribution in [0.15, 0.2) is 181 Å². The maximum absolute atomic E-state index is 14.6. The van der Waals surface area contributed by atoms with Crippen molar-refractivity contribution in [3.05, 3.63) is 216 Å². The Kier molecular flexibility index (Phi) is 32.2. The fourth-order valence-electron chi connectivity index (χ4n) is 14.3. The van der Waals surface area contributed by atoms with Gasteiger partial charge in [0.05, 0.1) is 131 Å². The molecule has 10 N–H and O–H groups in total. The van der Waals surface area contributed by atoms with E-state index in [9.17, 15) is 36.7 Å². The molecule has 4 saturated carbocycles. The molecule has 4 fully saturated rings. The van der Waals surface area contributed by atoms with Crippen LogP contribution in [-0.4, -0.2) is 230 Å². The summed E-state index contributed by atoms with van der Waals surface area (Å²) in [5.74, 6) is -2.37. The van der Waals surface area contributed by atoms with Crippen LogP contribution in [-0.2, 0) is 38.3 Å². The van der Waals surface area contributed by atoms with Crippen molar-refractivity contribution in [1.82, 2.24) is 120 Å². The average molecular weight is 1940 g/mol. The molecule has 0 spiro atoms. The lowest BCUT2D eigenvalue weighted by Crippen LogP contribution is -2.46. The van der Waals surface area contributed by atoms with Crippen molar-refractivity contribution in [2.75, 3.05) is 47.7 Å². The average Bonchev–Trinajstić information content (AvgIpc) is 1.71. The standard InChI is InChI=1S/4C21H20FN7O2S.2CH2O3/c2*1-2-31-15-5-14(6-15)29-10-17(19(28-29)16-4-3-13(22)9-23-16)26-20(30)18-11-32-21(27-18)12-7-24-25-8-12;2*1-2-31-17-7-16(18(17)22)29-10-14(19(28-29)13-5-3-4-6-23-13)26-20(30)15-11-32-21(27-15)12-8-24-25-9-12;2*2-1-4-3/h2*3-4,7-11,14-15H,2,5-6H2,1H3,(H,24,25)(H,26,30);2*3-6,8-11,16-18H,2,7H2,1H3,(H,24,25)(H,26,30);2*1,3H/t;;2*16-,17+,18?;;/m..00../s1. The third-order valence-electron chi connectivity index (χ3n) is 21.2. The van der Waals surface area contributed by atoms with E-state index in [1.54, 1.807) is 154 Å². The van der Waals surface area contributed by atoms with Crippen molar-refractivity contribution in [3.63, 3.8) is 0 Å². The highest BCUT2D eigenvalue weighted by Gasteiger charge is 2.46. The number of pyridine rings is 4. The fourth-order valence-corrected chi connectivity index (χ4v) is 17.4. The number of anilines is 4. The summed E-state index contributed by atoms with van der Waals surface area (Å²) in [6, 6.07) is 16.0. The van der Waals surface area contributed by atoms with E-state index in [4.69, 9.17) is 39.1 Å². The monoisotopic (exact) mass is 1940 g/mol. The van der Waals surface area contributed by atoms with Crippen molar-refractivity contribution in [2.45, 2.75) is 127 Å². The molecular formula is C86H84F4N28O14S4. The number of H-pyrrole nitrogens is 4. The van der Waals surface area contributed by atoms with E-state index in [1.807, 2.05) is 49.2 Å². The number of carbonyl (C=O) groups is 6. The van der Waals surface area contributed by atoms with Crippen molar-refractivity contribution in [2.24, 2.45) is 0 Å². The molecule has 42 nitrogen and oxygen atoms in total. The maximum Gasteiger partial charge on any atom is 0.330 e. The quantitative estimate of drug-likeness (QED) is 0.00865. The summed E-state index contributed by atoms with van der Waals surface area (Å²) in [6.07, 6.45) is 27.5. The van der Waals surface area contributed by atoms with Gasteiger partial charge < -0.3 is 50.0 Å². The topological polar surface area (TPSA) is 535 Å². The highest BCUT2D eigenvalue weighted by molar-refractivity contribution is 7.14. The lowest BCUT2D eigenvalue weighted by atomic mass is 9.87. The van der Waals surface area contributed by atoms with Crippen molar-refractivity contribution < 1.29 is 85.6 Å². The smallest absolute Gasteiger partial charge is 0.330 e. The number of alkyl halides is 2. The van der Waals surface area contributed by atoms with Crippen LogP contribution in [0.25, 0.3) is 87.8 Å². The Morgan fingerprint density at radius 1 is 0.412 bits per heavy atom. The van der Waals surface area contributed by atoms with Crippen molar-refractivity contribution >= 4 is 105 Å². The van der Waals surface area contributed by atoms with E-state index >= 15 is 0 Å². The molecule has 704 valence electrons. The fraction of sp³-hybridized carbons (Fsp3) is 0.279. The SMILES string of the molecule is CCOC1CC(n2cc(NC(=O)c3csc(-c4cn[nH]c4)n3)c(-c3ccc(F)cn3)n2)C1.CCOC1CC(n2cc(NC(=O)c3csc(-c4cn[nH]c4)n3)c(-c3ccc(F)cn3)n2)C1.CCO[C@@H]1C[C@H](n2cc(NC(=O)c3csc(-c4cn[nH]c4)n3)c(-c3ccccn3)n2)C1F.CCO[C@@H]1C[C@H](n2cc(NC(=O)c3csc(-c4cn[nH]c4)n3)c(-c3ccccn3)n2)C1F.O=COO.O=COO. The third kappa shape index (κ3) is 23.3. The van der Waals surface area contributed by atoms with Crippen LogP contribution < -0.4 is 21.3 Å². The molecule has 136 heavy (non-hydrogen) atoms. The van der Waals surface area contributed by atoms with Gasteiger partial charge in [-0.05, 0) is 102 Å². The lowest BCUT2D eigenvalue weighted by molar-refractivity contribution is -0.217. The van der Waals surface area contributed by atoms with Gasteiger partial charge in [0.2, 0.25) is 0 Å². The minimum atomic E-state index is -1.16. The van der Waals surface area contributed by atoms with Crippen LogP contribution in [0.4, 0.5) is 40.3 Å². The van der Waals surface area contributed by atoms with Gasteiger partial charge in [0.1, 0.15) is 89.6 Å². The largest absolute Gasteiger partial charge is 0.378 e. The van der Waals surface area contributed by atoms with Gasteiger partial charge in [0.15, 0.2) is 0 Å². The van der Waals surface area contributed by atoms with Crippen LogP contribution in [0.5, 0.6) is 0 Å². The van der Waals surface area contributed by atoms with Gasteiger partial charge in [-0.1, -0.05) is 12.1 Å². The van der Waals surface area contributed by atoms with Crippen LogP contribution in [0.3, 0.4) is 0 Å². The van der Waals surface area contributed by atoms with Crippen LogP contribution >= 0.6 is 45.3 Å². The Morgan fingerprint density at radius 3 is 0.956 bits per heavy atom. The first-order chi connectivity index (χ1) is 66.3. The molecule has 0 saturated heterocycles. The van der Waals surface area contributed by atoms with E-state index in [-0.39, 0.29) is 83.6 Å². The van der Waals surface area contributed by atoms with E-state index in [2.05, 4.69) is 132 Å². The highest BCUT2D eigenvalue weighted by Crippen LogP contribution is 2.44. The molecule has 0 bridgehead atoms. The van der Waals surface area contributed by atoms with Crippen molar-refractivity contribution in [3.8, 4) is 87.8 Å². The molecule has 0 radical (unpaired) electrons. The Labute approximate surface area is 784 Å². The second-order valence-corrected chi connectivity index (χ2v) is 33.3. The zero-order valence-corrected chi connectivity index (χ0v) is 75.5. The van der Waals surface area contributed by atoms with E-state index in [0.29, 0.717) is 128 Å². The van der Waals surface area contributed by atoms with Gasteiger partial charge in [-0.3, -0.25) is 87.8 Å². The first-order valence-electron chi connectivity index (χ1n) is 42.0. The van der Waals surface area contributed by atoms with Gasteiger partial charge in [0.25, 0.3) is 23.6 Å². The summed E-state index contributed by atoms with van der Waals surface area (Å²) in [5.41, 5.74) is 10.2. The summed E-state index contributed by atoms with van der Waals surface area (Å²) < 4.78 is 84.9. The van der Waals surface area contributed by atoms with Gasteiger partial charge >= 0.3 is 12.9 Å². The second kappa shape index (κ2) is 45.7. The minimum absolute atomic E-state index is 0.0694. The Morgan fingerprint density at radius 2 is 0.706 bits per heavy atom. The van der Waals surface area contributed by atoms with Gasteiger partial charge in [-0.15, -0.1) is 45.3 Å². The molecule has 6 atom stereocenters. The summed E-state index contributed by atoms with van der Waals surface area (Å²) in [6.45, 7) is 9.79. The zero-order chi connectivity index (χ0) is 95.1. The summed E-state index contributed by atoms with van der Waals surface area (Å²) >= 11 is 5.40. The number of halogens is 4. The first kappa shape index (κ1) is 95.7. The lowest BCUT2D eigenvalue weighted by Gasteiger charge is -2.38. The van der Waals surface area contributed by atoms with Crippen LogP contribution in [0.1, 0.15) is 132 Å². The van der Waals surface area contributed by atoms with Crippen LogP contribution in [0, 0.1) is 11.6 Å². The molecule has 50 heteroatoms. The Hall–Kier alpha value is -14.9. The van der Waals surface area contributed by atoms with E-state index < -0.39 is 48.3 Å². The molecule has 2 unspecified atom stereocenters. The molecule has 16 heterocycles. The first-order valence-corrected chi connectivity index (χ1v) is 45.5. The molecule has 0 aromatic carbocycles. The second-order valence-electron chi connectivity index (χ2n) is 29.8. The maximum atomic E-state index is 14.6. The number of aromatic nitrogens is 24. The molecule has 4 aliphatic carbocycles. The number of rotatable bonds is 30. The summed E-state index contributed by atoms with van der Waals surface area (Å²) in [5, 5.41) is 80.0. The molecule has 20 rings (SSSR count). The summed E-state index contributed by atoms with van der Waals surface area (Å²) in [7, 11) is 0. The number of nitrogens with zero attached hydrogens (tertiary/aromatic N) is 20. The minimum Gasteiger partial charge on any atom is -0.378 e. The molecule has 4 amide bonds. The van der Waals surface area contributed by atoms with E-state index in [1.165, 1.54) is 57.5 Å². The Bertz CT molecular complexity index is 6160. The number of hydrogen-bond donors (Lipinski definition) is 10. The molecule has 0 aliphatic heterocycles. The van der Waals surface area contributed by atoms with E-state index in [0.717, 1.165) is 60.3 Å². The number of nitrogens with one attached hydrogen (secondary N) is 8. The molecule has 4 aliphatic rings. The molecular weight excluding hydrogens is 1850 g/mol. The number of carbonyl (C=O) groups excluding carboxylic acids is 6. The van der Waals surface area contributed by atoms with Crippen LogP contribution in [0.2, 0.25) is 0 Å².